The predicted molar refractivity (Wildman–Crippen MR) is 96.5 cm³/mol. The minimum absolute atomic E-state index is 0.155. The Balaban J connectivity index is 1.99. The first-order valence-corrected chi connectivity index (χ1v) is 7.79. The van der Waals surface area contributed by atoms with Crippen LogP contribution in [0.15, 0.2) is 36.7 Å². The zero-order valence-electron chi connectivity index (χ0n) is 14.6. The van der Waals surface area contributed by atoms with Crippen LogP contribution in [0, 0.1) is 12.7 Å². The fraction of sp³-hybridized carbons (Fsp3) is 0.167. The number of methoxy groups -OCH3 is 1. The summed E-state index contributed by atoms with van der Waals surface area (Å²) in [6.45, 7) is 1.76. The Labute approximate surface area is 149 Å². The molecule has 3 rings (SSSR count). The van der Waals surface area contributed by atoms with E-state index in [1.165, 1.54) is 19.4 Å². The van der Waals surface area contributed by atoms with Crippen LogP contribution in [-0.2, 0) is 7.05 Å². The molecule has 26 heavy (non-hydrogen) atoms. The van der Waals surface area contributed by atoms with Crippen LogP contribution in [0.2, 0.25) is 0 Å². The van der Waals surface area contributed by atoms with Gasteiger partial charge in [0.25, 0.3) is 5.91 Å². The van der Waals surface area contributed by atoms with Gasteiger partial charge in [-0.05, 0) is 36.8 Å². The molecule has 0 aliphatic carbocycles. The molecule has 8 heteroatoms. The van der Waals surface area contributed by atoms with Gasteiger partial charge in [0.2, 0.25) is 0 Å². The number of nitrogens with zero attached hydrogens (tertiary/aromatic N) is 3. The topological polar surface area (TPSA) is 95.1 Å². The fourth-order valence-corrected chi connectivity index (χ4v) is 2.61. The Hall–Kier alpha value is -3.42. The van der Waals surface area contributed by atoms with Gasteiger partial charge < -0.3 is 15.8 Å². The number of nitrogen functional groups attached to an aromatic ring is 1. The van der Waals surface area contributed by atoms with E-state index in [1.54, 1.807) is 37.0 Å². The average Bonchev–Trinajstić information content (AvgIpc) is 2.99. The fourth-order valence-electron chi connectivity index (χ4n) is 2.61. The monoisotopic (exact) mass is 355 g/mol. The highest BCUT2D eigenvalue weighted by Gasteiger charge is 2.15. The van der Waals surface area contributed by atoms with Gasteiger partial charge in [-0.2, -0.15) is 5.10 Å². The highest BCUT2D eigenvalue weighted by molar-refractivity contribution is 6.05. The number of ether oxygens (including phenoxy) is 1. The van der Waals surface area contributed by atoms with Crippen molar-refractivity contribution in [3.05, 3.63) is 53.7 Å². The van der Waals surface area contributed by atoms with E-state index in [0.717, 1.165) is 6.07 Å². The lowest BCUT2D eigenvalue weighted by Crippen LogP contribution is -2.12. The molecule has 1 amide bonds. The lowest BCUT2D eigenvalue weighted by molar-refractivity contribution is 0.102. The van der Waals surface area contributed by atoms with Crippen molar-refractivity contribution in [1.82, 2.24) is 14.8 Å². The van der Waals surface area contributed by atoms with Crippen LogP contribution in [0.1, 0.15) is 16.1 Å². The minimum Gasteiger partial charge on any atom is -0.495 e. The lowest BCUT2D eigenvalue weighted by Gasteiger charge is -2.12. The summed E-state index contributed by atoms with van der Waals surface area (Å²) in [5.41, 5.74) is 8.20. The van der Waals surface area contributed by atoms with Crippen LogP contribution in [0.25, 0.3) is 11.1 Å². The molecular weight excluding hydrogens is 337 g/mol. The summed E-state index contributed by atoms with van der Waals surface area (Å²) in [4.78, 5) is 16.6. The summed E-state index contributed by atoms with van der Waals surface area (Å²) in [5.74, 6) is -0.255. The number of hydrogen-bond donors (Lipinski definition) is 2. The first-order chi connectivity index (χ1) is 12.4. The van der Waals surface area contributed by atoms with E-state index in [-0.39, 0.29) is 11.4 Å². The smallest absolute Gasteiger partial charge is 0.255 e. The third-order valence-corrected chi connectivity index (χ3v) is 3.85. The van der Waals surface area contributed by atoms with Crippen molar-refractivity contribution >= 4 is 17.4 Å². The third-order valence-electron chi connectivity index (χ3n) is 3.85. The van der Waals surface area contributed by atoms with Crippen molar-refractivity contribution in [2.24, 2.45) is 7.05 Å². The number of anilines is 2. The molecule has 0 radical (unpaired) electrons. The molecule has 0 fully saturated rings. The van der Waals surface area contributed by atoms with Crippen LogP contribution in [-0.4, -0.2) is 27.8 Å². The summed E-state index contributed by atoms with van der Waals surface area (Å²) < 4.78 is 20.9. The van der Waals surface area contributed by atoms with Gasteiger partial charge in [0.15, 0.2) is 0 Å². The zero-order chi connectivity index (χ0) is 18.8. The number of halogens is 1. The van der Waals surface area contributed by atoms with Gasteiger partial charge in [0.1, 0.15) is 17.4 Å². The van der Waals surface area contributed by atoms with E-state index in [2.05, 4.69) is 15.4 Å². The van der Waals surface area contributed by atoms with Crippen LogP contribution in [0.3, 0.4) is 0 Å². The largest absolute Gasteiger partial charge is 0.495 e. The second-order valence-electron chi connectivity index (χ2n) is 5.79. The molecule has 2 aromatic heterocycles. The van der Waals surface area contributed by atoms with Crippen LogP contribution < -0.4 is 15.8 Å². The van der Waals surface area contributed by atoms with E-state index in [1.807, 2.05) is 0 Å². The quantitative estimate of drug-likeness (QED) is 0.750. The predicted octanol–water partition coefficient (Wildman–Crippen LogP) is 2.77. The highest BCUT2D eigenvalue weighted by atomic mass is 19.1. The maximum absolute atomic E-state index is 14.1. The summed E-state index contributed by atoms with van der Waals surface area (Å²) in [7, 11) is 3.25. The molecule has 1 aromatic carbocycles. The number of benzene rings is 1. The molecule has 3 N–H and O–H groups in total. The Kier molecular flexibility index (Phi) is 4.57. The van der Waals surface area contributed by atoms with E-state index >= 15 is 0 Å². The lowest BCUT2D eigenvalue weighted by atomic mass is 10.0. The summed E-state index contributed by atoms with van der Waals surface area (Å²) in [6, 6.07) is 5.68. The van der Waals surface area contributed by atoms with Gasteiger partial charge >= 0.3 is 0 Å². The molecule has 0 unspecified atom stereocenters. The maximum Gasteiger partial charge on any atom is 0.255 e. The van der Waals surface area contributed by atoms with Gasteiger partial charge in [-0.15, -0.1) is 0 Å². The van der Waals surface area contributed by atoms with E-state index in [0.29, 0.717) is 28.3 Å². The average molecular weight is 355 g/mol. The molecule has 3 aromatic rings. The minimum atomic E-state index is -0.558. The Morgan fingerprint density at radius 2 is 2.08 bits per heavy atom. The molecule has 0 saturated heterocycles. The summed E-state index contributed by atoms with van der Waals surface area (Å²) in [6.07, 6.45) is 3.15. The van der Waals surface area contributed by atoms with Crippen molar-refractivity contribution in [2.75, 3.05) is 18.2 Å². The SMILES string of the molecule is COc1cc(-c2cc(F)cc(C(=O)Nc3cnn(C)c3)c2)c(N)nc1C. The van der Waals surface area contributed by atoms with Crippen molar-refractivity contribution in [2.45, 2.75) is 6.92 Å². The van der Waals surface area contributed by atoms with Gasteiger partial charge in [-0.25, -0.2) is 9.37 Å². The van der Waals surface area contributed by atoms with Crippen LogP contribution in [0.5, 0.6) is 5.75 Å². The molecule has 2 heterocycles. The van der Waals surface area contributed by atoms with Gasteiger partial charge in [0, 0.05) is 24.4 Å². The van der Waals surface area contributed by atoms with Crippen molar-refractivity contribution in [1.29, 1.82) is 0 Å². The van der Waals surface area contributed by atoms with E-state index in [4.69, 9.17) is 10.5 Å². The number of aromatic nitrogens is 3. The number of pyridine rings is 1. The molecule has 0 atom stereocenters. The molecule has 7 nitrogen and oxygen atoms in total. The number of rotatable bonds is 4. The van der Waals surface area contributed by atoms with E-state index < -0.39 is 11.7 Å². The Morgan fingerprint density at radius 1 is 1.31 bits per heavy atom. The number of hydrogen-bond acceptors (Lipinski definition) is 5. The first kappa shape index (κ1) is 17.4. The zero-order valence-corrected chi connectivity index (χ0v) is 14.6. The van der Waals surface area contributed by atoms with Gasteiger partial charge in [-0.1, -0.05) is 0 Å². The van der Waals surface area contributed by atoms with E-state index in [9.17, 15) is 9.18 Å². The number of carbonyl (C=O) groups excluding carboxylic acids is 1. The first-order valence-electron chi connectivity index (χ1n) is 7.79. The molecule has 134 valence electrons. The number of carbonyl (C=O) groups is 1. The molecule has 0 spiro atoms. The second-order valence-corrected chi connectivity index (χ2v) is 5.79. The summed E-state index contributed by atoms with van der Waals surface area (Å²) >= 11 is 0. The van der Waals surface area contributed by atoms with Crippen molar-refractivity contribution < 1.29 is 13.9 Å². The second kappa shape index (κ2) is 6.83. The normalized spacial score (nSPS) is 10.6. The molecular formula is C18H18FN5O2. The van der Waals surface area contributed by atoms with Crippen molar-refractivity contribution in [3.8, 4) is 16.9 Å². The van der Waals surface area contributed by atoms with Gasteiger partial charge in [-0.3, -0.25) is 9.48 Å². The van der Waals surface area contributed by atoms with Crippen molar-refractivity contribution in [3.63, 3.8) is 0 Å². The number of nitrogens with two attached hydrogens (primary N) is 1. The van der Waals surface area contributed by atoms with Crippen LogP contribution in [0.4, 0.5) is 15.9 Å². The van der Waals surface area contributed by atoms with Crippen LogP contribution >= 0.6 is 0 Å². The number of nitrogens with one attached hydrogen (secondary N) is 1. The third kappa shape index (κ3) is 3.49. The molecule has 0 aliphatic heterocycles. The Morgan fingerprint density at radius 3 is 2.73 bits per heavy atom. The number of amides is 1. The molecule has 0 saturated carbocycles. The standard InChI is InChI=1S/C18H18FN5O2/c1-10-16(26-3)7-15(17(20)22-10)11-4-12(6-13(19)5-11)18(25)23-14-8-21-24(2)9-14/h4-9H,1-3H3,(H2,20,22)(H,23,25). The summed E-state index contributed by atoms with van der Waals surface area (Å²) in [5, 5.41) is 6.64. The molecule has 0 bridgehead atoms. The number of aryl methyl sites for hydroxylation is 2. The molecule has 0 aliphatic rings. The highest BCUT2D eigenvalue weighted by Crippen LogP contribution is 2.31. The maximum atomic E-state index is 14.1. The van der Waals surface area contributed by atoms with Gasteiger partial charge in [0.05, 0.1) is 24.7 Å². The Bertz CT molecular complexity index is 984.